The summed E-state index contributed by atoms with van der Waals surface area (Å²) < 4.78 is 5.68. The smallest absolute Gasteiger partial charge is 0.267 e. The highest BCUT2D eigenvalue weighted by Crippen LogP contribution is 2.20. The molecule has 2 amide bonds. The molecule has 22 heavy (non-hydrogen) atoms. The monoisotopic (exact) mass is 303 g/mol. The summed E-state index contributed by atoms with van der Waals surface area (Å²) in [4.78, 5) is 23.0. The van der Waals surface area contributed by atoms with Crippen LogP contribution in [0.4, 0.5) is 0 Å². The van der Waals surface area contributed by atoms with Gasteiger partial charge in [0.15, 0.2) is 0 Å². The summed E-state index contributed by atoms with van der Waals surface area (Å²) in [7, 11) is 0. The number of aryl methyl sites for hydroxylation is 1. The Labute approximate surface area is 129 Å². The van der Waals surface area contributed by atoms with E-state index >= 15 is 0 Å². The number of carbonyl (C=O) groups excluding carboxylic acids is 2. The SMILES string of the molecule is Cc1cc(CNC(=O)C2=NNC(=O)CC2)ccc1OC(C)C. The highest BCUT2D eigenvalue weighted by molar-refractivity contribution is 6.39. The lowest BCUT2D eigenvalue weighted by Gasteiger charge is -2.14. The molecule has 118 valence electrons. The van der Waals surface area contributed by atoms with Crippen molar-refractivity contribution in [1.29, 1.82) is 0 Å². The Morgan fingerprint density at radius 1 is 1.41 bits per heavy atom. The van der Waals surface area contributed by atoms with Gasteiger partial charge in [0.2, 0.25) is 5.91 Å². The summed E-state index contributed by atoms with van der Waals surface area (Å²) in [6, 6.07) is 5.83. The molecular weight excluding hydrogens is 282 g/mol. The van der Waals surface area contributed by atoms with Crippen LogP contribution in [0, 0.1) is 6.92 Å². The van der Waals surface area contributed by atoms with Gasteiger partial charge in [-0.1, -0.05) is 12.1 Å². The van der Waals surface area contributed by atoms with Crippen molar-refractivity contribution in [3.63, 3.8) is 0 Å². The molecule has 0 fully saturated rings. The lowest BCUT2D eigenvalue weighted by atomic mass is 10.1. The molecule has 1 aromatic rings. The van der Waals surface area contributed by atoms with Crippen molar-refractivity contribution in [2.24, 2.45) is 5.10 Å². The van der Waals surface area contributed by atoms with Gasteiger partial charge in [0, 0.05) is 19.4 Å². The number of nitrogens with one attached hydrogen (secondary N) is 2. The molecule has 6 heteroatoms. The average Bonchev–Trinajstić information content (AvgIpc) is 2.47. The fraction of sp³-hybridized carbons (Fsp3) is 0.438. The Morgan fingerprint density at radius 3 is 2.77 bits per heavy atom. The summed E-state index contributed by atoms with van der Waals surface area (Å²) in [5.41, 5.74) is 4.69. The van der Waals surface area contributed by atoms with E-state index in [1.807, 2.05) is 39.0 Å². The molecule has 0 saturated heterocycles. The van der Waals surface area contributed by atoms with E-state index < -0.39 is 0 Å². The maximum Gasteiger partial charge on any atom is 0.267 e. The van der Waals surface area contributed by atoms with Crippen molar-refractivity contribution < 1.29 is 14.3 Å². The van der Waals surface area contributed by atoms with Crippen LogP contribution in [0.3, 0.4) is 0 Å². The van der Waals surface area contributed by atoms with Crippen molar-refractivity contribution in [3.8, 4) is 5.75 Å². The van der Waals surface area contributed by atoms with Gasteiger partial charge in [-0.05, 0) is 38.0 Å². The second kappa shape index (κ2) is 7.06. The van der Waals surface area contributed by atoms with Crippen LogP contribution >= 0.6 is 0 Å². The van der Waals surface area contributed by atoms with Crippen LogP contribution in [-0.2, 0) is 16.1 Å². The van der Waals surface area contributed by atoms with E-state index in [-0.39, 0.29) is 17.9 Å². The van der Waals surface area contributed by atoms with Crippen LogP contribution in [0.15, 0.2) is 23.3 Å². The maximum absolute atomic E-state index is 12.0. The number of hydrogen-bond acceptors (Lipinski definition) is 4. The van der Waals surface area contributed by atoms with E-state index in [2.05, 4.69) is 15.8 Å². The van der Waals surface area contributed by atoms with Crippen molar-refractivity contribution in [2.45, 2.75) is 46.3 Å². The fourth-order valence-corrected chi connectivity index (χ4v) is 2.13. The largest absolute Gasteiger partial charge is 0.491 e. The lowest BCUT2D eigenvalue weighted by Crippen LogP contribution is -2.36. The number of benzene rings is 1. The average molecular weight is 303 g/mol. The number of carbonyl (C=O) groups is 2. The summed E-state index contributed by atoms with van der Waals surface area (Å²) in [5.74, 6) is 0.442. The normalized spacial score (nSPS) is 14.4. The third-order valence-corrected chi connectivity index (χ3v) is 3.22. The summed E-state index contributed by atoms with van der Waals surface area (Å²) in [6.45, 7) is 6.35. The summed E-state index contributed by atoms with van der Waals surface area (Å²) in [5, 5.41) is 6.58. The van der Waals surface area contributed by atoms with Gasteiger partial charge in [0.25, 0.3) is 5.91 Å². The standard InChI is InChI=1S/C16H21N3O3/c1-10(2)22-14-6-4-12(8-11(14)3)9-17-16(21)13-5-7-15(20)19-18-13/h4,6,8,10H,5,7,9H2,1-3H3,(H,17,21)(H,19,20). The van der Waals surface area contributed by atoms with E-state index in [0.29, 0.717) is 25.1 Å². The van der Waals surface area contributed by atoms with E-state index in [0.717, 1.165) is 16.9 Å². The van der Waals surface area contributed by atoms with Crippen molar-refractivity contribution in [3.05, 3.63) is 29.3 Å². The van der Waals surface area contributed by atoms with Gasteiger partial charge >= 0.3 is 0 Å². The molecule has 6 nitrogen and oxygen atoms in total. The van der Waals surface area contributed by atoms with Crippen molar-refractivity contribution >= 4 is 17.5 Å². The quantitative estimate of drug-likeness (QED) is 0.868. The molecule has 1 aliphatic heterocycles. The van der Waals surface area contributed by atoms with Gasteiger partial charge in [0.05, 0.1) is 6.10 Å². The van der Waals surface area contributed by atoms with Crippen LogP contribution in [0.2, 0.25) is 0 Å². The molecule has 0 atom stereocenters. The maximum atomic E-state index is 12.0. The van der Waals surface area contributed by atoms with Gasteiger partial charge in [-0.25, -0.2) is 5.43 Å². The minimum atomic E-state index is -0.250. The zero-order chi connectivity index (χ0) is 16.1. The topological polar surface area (TPSA) is 79.8 Å². The second-order valence-electron chi connectivity index (χ2n) is 5.54. The van der Waals surface area contributed by atoms with Crippen molar-refractivity contribution in [1.82, 2.24) is 10.7 Å². The lowest BCUT2D eigenvalue weighted by molar-refractivity contribution is -0.121. The Kier molecular flexibility index (Phi) is 5.14. The minimum Gasteiger partial charge on any atom is -0.491 e. The molecule has 1 aliphatic rings. The molecule has 2 rings (SSSR count). The van der Waals surface area contributed by atoms with Crippen LogP contribution in [0.1, 0.15) is 37.8 Å². The van der Waals surface area contributed by atoms with Gasteiger partial charge in [0.1, 0.15) is 11.5 Å². The van der Waals surface area contributed by atoms with Crippen LogP contribution in [0.25, 0.3) is 0 Å². The molecule has 0 aliphatic carbocycles. The molecule has 0 aromatic heterocycles. The molecular formula is C16H21N3O3. The van der Waals surface area contributed by atoms with Crippen LogP contribution in [-0.4, -0.2) is 23.6 Å². The zero-order valence-corrected chi connectivity index (χ0v) is 13.1. The number of hydrogen-bond donors (Lipinski definition) is 2. The first kappa shape index (κ1) is 16.0. The molecule has 0 radical (unpaired) electrons. The molecule has 0 saturated carbocycles. The molecule has 1 heterocycles. The Morgan fingerprint density at radius 2 is 2.18 bits per heavy atom. The van der Waals surface area contributed by atoms with Crippen LogP contribution in [0.5, 0.6) is 5.75 Å². The molecule has 0 spiro atoms. The predicted octanol–water partition coefficient (Wildman–Crippen LogP) is 1.66. The highest BCUT2D eigenvalue weighted by atomic mass is 16.5. The van der Waals surface area contributed by atoms with E-state index in [9.17, 15) is 9.59 Å². The van der Waals surface area contributed by atoms with Gasteiger partial charge in [-0.2, -0.15) is 5.10 Å². The molecule has 0 bridgehead atoms. The van der Waals surface area contributed by atoms with E-state index in [4.69, 9.17) is 4.74 Å². The number of ether oxygens (including phenoxy) is 1. The van der Waals surface area contributed by atoms with Gasteiger partial charge in [-0.15, -0.1) is 0 Å². The first-order chi connectivity index (χ1) is 10.5. The summed E-state index contributed by atoms with van der Waals surface area (Å²) in [6.07, 6.45) is 0.800. The van der Waals surface area contributed by atoms with Crippen LogP contribution < -0.4 is 15.5 Å². The Balaban J connectivity index is 1.93. The third-order valence-electron chi connectivity index (χ3n) is 3.22. The Bertz CT molecular complexity index is 609. The third kappa shape index (κ3) is 4.31. The highest BCUT2D eigenvalue weighted by Gasteiger charge is 2.17. The number of hydrazone groups is 1. The molecule has 0 unspecified atom stereocenters. The summed E-state index contributed by atoms with van der Waals surface area (Å²) >= 11 is 0. The first-order valence-electron chi connectivity index (χ1n) is 7.35. The van der Waals surface area contributed by atoms with E-state index in [1.54, 1.807) is 0 Å². The number of nitrogens with zero attached hydrogens (tertiary/aromatic N) is 1. The van der Waals surface area contributed by atoms with Gasteiger partial charge < -0.3 is 10.1 Å². The minimum absolute atomic E-state index is 0.128. The predicted molar refractivity (Wildman–Crippen MR) is 83.6 cm³/mol. The molecule has 1 aromatic carbocycles. The van der Waals surface area contributed by atoms with Crippen molar-refractivity contribution in [2.75, 3.05) is 0 Å². The zero-order valence-electron chi connectivity index (χ0n) is 13.1. The second-order valence-corrected chi connectivity index (χ2v) is 5.54. The number of amides is 2. The molecule has 2 N–H and O–H groups in total. The van der Waals surface area contributed by atoms with Gasteiger partial charge in [-0.3, -0.25) is 9.59 Å². The number of rotatable bonds is 5. The first-order valence-corrected chi connectivity index (χ1v) is 7.35. The van der Waals surface area contributed by atoms with E-state index in [1.165, 1.54) is 0 Å². The fourth-order valence-electron chi connectivity index (χ4n) is 2.13. The Hall–Kier alpha value is -2.37.